The zero-order valence-corrected chi connectivity index (χ0v) is 15.3. The first kappa shape index (κ1) is 16.7. The number of nitrogen functional groups attached to an aromatic ring is 1. The second-order valence-electron chi connectivity index (χ2n) is 7.03. The number of nitrogens with zero attached hydrogens (tertiary/aromatic N) is 3. The van der Waals surface area contributed by atoms with Crippen LogP contribution in [0.4, 0.5) is 23.1 Å². The molecule has 0 bridgehead atoms. The molecule has 0 spiro atoms. The van der Waals surface area contributed by atoms with E-state index in [1.165, 1.54) is 17.3 Å². The molecule has 0 fully saturated rings. The van der Waals surface area contributed by atoms with Crippen LogP contribution in [-0.2, 0) is 31.0 Å². The maximum Gasteiger partial charge on any atom is 0.228 e. The first-order chi connectivity index (χ1) is 13.7. The number of fused-ring (bicyclic) bond motifs is 2. The third-order valence-electron chi connectivity index (χ3n) is 5.19. The van der Waals surface area contributed by atoms with Gasteiger partial charge in [-0.2, -0.15) is 4.98 Å². The van der Waals surface area contributed by atoms with Gasteiger partial charge in [0.05, 0.1) is 18.9 Å². The fourth-order valence-corrected chi connectivity index (χ4v) is 3.67. The molecule has 0 radical (unpaired) electrons. The van der Waals surface area contributed by atoms with E-state index in [0.29, 0.717) is 30.4 Å². The minimum Gasteiger partial charge on any atom is -0.398 e. The van der Waals surface area contributed by atoms with E-state index in [9.17, 15) is 0 Å². The molecular weight excluding hydrogens is 352 g/mol. The molecule has 0 atom stereocenters. The SMILES string of the molecule is N=Cc1cc(Nc2nc(N3Cc4ccccc4C3)nc3c2COC3)ccc1N. The summed E-state index contributed by atoms with van der Waals surface area (Å²) < 4.78 is 5.62. The highest BCUT2D eigenvalue weighted by Gasteiger charge is 2.25. The van der Waals surface area contributed by atoms with Gasteiger partial charge in [0.1, 0.15) is 5.82 Å². The van der Waals surface area contributed by atoms with E-state index in [0.717, 1.165) is 35.9 Å². The standard InChI is InChI=1S/C21H20N6O/c22-8-15-7-16(5-6-18(15)23)24-20-17-11-28-12-19(17)25-21(26-20)27-9-13-3-1-2-4-14(13)10-27/h1-8,22H,9-12,23H2,(H,24,25,26). The molecule has 0 amide bonds. The van der Waals surface area contributed by atoms with Gasteiger partial charge in [0.15, 0.2) is 0 Å². The fraction of sp³-hybridized carbons (Fsp3) is 0.190. The second kappa shape index (κ2) is 6.61. The van der Waals surface area contributed by atoms with Crippen molar-refractivity contribution in [2.75, 3.05) is 16.0 Å². The Bertz CT molecular complexity index is 1060. The Labute approximate surface area is 162 Å². The highest BCUT2D eigenvalue weighted by atomic mass is 16.5. The lowest BCUT2D eigenvalue weighted by Gasteiger charge is -2.18. The number of nitrogens with two attached hydrogens (primary N) is 1. The van der Waals surface area contributed by atoms with Gasteiger partial charge in [0.25, 0.3) is 0 Å². The molecule has 7 heteroatoms. The number of ether oxygens (including phenoxy) is 1. The Morgan fingerprint density at radius 1 is 1.07 bits per heavy atom. The molecule has 4 N–H and O–H groups in total. The lowest BCUT2D eigenvalue weighted by atomic mass is 10.1. The Hall–Kier alpha value is -3.45. The molecule has 2 aliphatic rings. The fourth-order valence-electron chi connectivity index (χ4n) is 3.67. The number of hydrogen-bond acceptors (Lipinski definition) is 7. The van der Waals surface area contributed by atoms with E-state index in [1.807, 2.05) is 12.1 Å². The Kier molecular flexibility index (Phi) is 3.95. The summed E-state index contributed by atoms with van der Waals surface area (Å²) in [5.74, 6) is 1.44. The monoisotopic (exact) mass is 372 g/mol. The summed E-state index contributed by atoms with van der Waals surface area (Å²) in [5, 5.41) is 10.9. The number of anilines is 4. The predicted octanol–water partition coefficient (Wildman–Crippen LogP) is 3.35. The van der Waals surface area contributed by atoms with Crippen molar-refractivity contribution in [1.29, 1.82) is 5.41 Å². The Balaban J connectivity index is 1.50. The second-order valence-corrected chi connectivity index (χ2v) is 7.03. The van der Waals surface area contributed by atoms with Crippen LogP contribution >= 0.6 is 0 Å². The van der Waals surface area contributed by atoms with E-state index < -0.39 is 0 Å². The molecule has 0 saturated carbocycles. The number of nitrogens with one attached hydrogen (secondary N) is 2. The molecule has 5 rings (SSSR count). The Morgan fingerprint density at radius 3 is 2.61 bits per heavy atom. The zero-order valence-electron chi connectivity index (χ0n) is 15.3. The molecule has 7 nitrogen and oxygen atoms in total. The molecule has 2 aliphatic heterocycles. The quantitative estimate of drug-likeness (QED) is 0.480. The van der Waals surface area contributed by atoms with Gasteiger partial charge in [-0.25, -0.2) is 4.98 Å². The average molecular weight is 372 g/mol. The van der Waals surface area contributed by atoms with Crippen LogP contribution in [0.3, 0.4) is 0 Å². The average Bonchev–Trinajstić information content (AvgIpc) is 3.36. The van der Waals surface area contributed by atoms with Crippen molar-refractivity contribution in [1.82, 2.24) is 9.97 Å². The summed E-state index contributed by atoms with van der Waals surface area (Å²) in [6.07, 6.45) is 1.25. The molecule has 0 aliphatic carbocycles. The molecule has 28 heavy (non-hydrogen) atoms. The number of benzene rings is 2. The third-order valence-corrected chi connectivity index (χ3v) is 5.19. The van der Waals surface area contributed by atoms with Crippen LogP contribution in [0.5, 0.6) is 0 Å². The topological polar surface area (TPSA) is 100 Å². The van der Waals surface area contributed by atoms with Crippen molar-refractivity contribution in [3.63, 3.8) is 0 Å². The smallest absolute Gasteiger partial charge is 0.228 e. The van der Waals surface area contributed by atoms with E-state index in [2.05, 4.69) is 34.5 Å². The van der Waals surface area contributed by atoms with Gasteiger partial charge in [-0.3, -0.25) is 0 Å². The highest BCUT2D eigenvalue weighted by molar-refractivity contribution is 5.87. The molecule has 0 saturated heterocycles. The largest absolute Gasteiger partial charge is 0.398 e. The highest BCUT2D eigenvalue weighted by Crippen LogP contribution is 2.32. The molecule has 0 unspecified atom stereocenters. The van der Waals surface area contributed by atoms with Crippen LogP contribution in [0.1, 0.15) is 27.9 Å². The van der Waals surface area contributed by atoms with E-state index in [4.69, 9.17) is 25.8 Å². The van der Waals surface area contributed by atoms with Crippen LogP contribution in [0.2, 0.25) is 0 Å². The van der Waals surface area contributed by atoms with Gasteiger partial charge in [-0.1, -0.05) is 24.3 Å². The van der Waals surface area contributed by atoms with Crippen molar-refractivity contribution in [3.05, 3.63) is 70.4 Å². The summed E-state index contributed by atoms with van der Waals surface area (Å²) in [6.45, 7) is 2.59. The summed E-state index contributed by atoms with van der Waals surface area (Å²) in [6, 6.07) is 14.0. The molecule has 2 aromatic carbocycles. The maximum absolute atomic E-state index is 7.51. The minimum atomic E-state index is 0.491. The van der Waals surface area contributed by atoms with Gasteiger partial charge < -0.3 is 26.1 Å². The van der Waals surface area contributed by atoms with Crippen LogP contribution in [-0.4, -0.2) is 16.2 Å². The minimum absolute atomic E-state index is 0.491. The summed E-state index contributed by atoms with van der Waals surface area (Å²) in [7, 11) is 0. The van der Waals surface area contributed by atoms with E-state index in [1.54, 1.807) is 6.07 Å². The zero-order chi connectivity index (χ0) is 19.1. The number of rotatable bonds is 4. The van der Waals surface area contributed by atoms with Crippen molar-refractivity contribution in [3.8, 4) is 0 Å². The number of aromatic nitrogens is 2. The first-order valence-electron chi connectivity index (χ1n) is 9.17. The molecule has 3 aromatic rings. The van der Waals surface area contributed by atoms with Gasteiger partial charge in [0.2, 0.25) is 5.95 Å². The third kappa shape index (κ3) is 2.86. The molecular formula is C21H20N6O. The normalized spacial score (nSPS) is 14.6. The molecule has 1 aromatic heterocycles. The number of hydrogen-bond donors (Lipinski definition) is 3. The Morgan fingerprint density at radius 2 is 1.86 bits per heavy atom. The molecule has 140 valence electrons. The van der Waals surface area contributed by atoms with Crippen LogP contribution in [0, 0.1) is 5.41 Å². The van der Waals surface area contributed by atoms with Crippen molar-refractivity contribution in [2.45, 2.75) is 26.3 Å². The van der Waals surface area contributed by atoms with Crippen molar-refractivity contribution < 1.29 is 4.74 Å². The van der Waals surface area contributed by atoms with Crippen LogP contribution in [0.25, 0.3) is 0 Å². The van der Waals surface area contributed by atoms with E-state index in [-0.39, 0.29) is 0 Å². The predicted molar refractivity (Wildman–Crippen MR) is 109 cm³/mol. The van der Waals surface area contributed by atoms with Crippen molar-refractivity contribution >= 4 is 29.4 Å². The maximum atomic E-state index is 7.51. The summed E-state index contributed by atoms with van der Waals surface area (Å²) in [4.78, 5) is 11.8. The van der Waals surface area contributed by atoms with Crippen LogP contribution in [0.15, 0.2) is 42.5 Å². The lowest BCUT2D eigenvalue weighted by Crippen LogP contribution is -2.19. The van der Waals surface area contributed by atoms with Crippen LogP contribution < -0.4 is 16.0 Å². The molecule has 3 heterocycles. The van der Waals surface area contributed by atoms with Crippen molar-refractivity contribution in [2.24, 2.45) is 0 Å². The first-order valence-corrected chi connectivity index (χ1v) is 9.17. The van der Waals surface area contributed by atoms with Gasteiger partial charge in [-0.15, -0.1) is 0 Å². The van der Waals surface area contributed by atoms with Gasteiger partial charge in [0, 0.05) is 41.8 Å². The van der Waals surface area contributed by atoms with E-state index >= 15 is 0 Å². The lowest BCUT2D eigenvalue weighted by molar-refractivity contribution is 0.133. The summed E-state index contributed by atoms with van der Waals surface area (Å²) in [5.41, 5.74) is 12.5. The summed E-state index contributed by atoms with van der Waals surface area (Å²) >= 11 is 0. The van der Waals surface area contributed by atoms with Gasteiger partial charge in [-0.05, 0) is 29.3 Å². The van der Waals surface area contributed by atoms with Gasteiger partial charge >= 0.3 is 0 Å².